The highest BCUT2D eigenvalue weighted by Crippen LogP contribution is 2.19. The second-order valence-electron chi connectivity index (χ2n) is 3.07. The third-order valence-corrected chi connectivity index (χ3v) is 2.10. The first kappa shape index (κ1) is 10.3. The fourth-order valence-electron chi connectivity index (χ4n) is 1.20. The zero-order valence-corrected chi connectivity index (χ0v) is 8.44. The summed E-state index contributed by atoms with van der Waals surface area (Å²) in [5.74, 6) is -0.379. The van der Waals surface area contributed by atoms with Crippen LogP contribution < -0.4 is 0 Å². The number of nitrogens with zero attached hydrogens (tertiary/aromatic N) is 2. The third kappa shape index (κ3) is 1.77. The summed E-state index contributed by atoms with van der Waals surface area (Å²) in [6.07, 6.45) is 1.77. The molecule has 0 aliphatic carbocycles. The van der Waals surface area contributed by atoms with E-state index < -0.39 is 0 Å². The van der Waals surface area contributed by atoms with E-state index in [-0.39, 0.29) is 12.0 Å². The van der Waals surface area contributed by atoms with Crippen molar-refractivity contribution >= 4 is 5.97 Å². The number of hydrogen-bond acceptors (Lipinski definition) is 2. The van der Waals surface area contributed by atoms with Crippen molar-refractivity contribution in [2.45, 2.75) is 13.0 Å². The van der Waals surface area contributed by atoms with Crippen molar-refractivity contribution in [1.82, 2.24) is 4.57 Å². The first-order valence-corrected chi connectivity index (χ1v) is 4.21. The molecule has 74 valence electrons. The number of aryl methyl sites for hydroxylation is 1. The van der Waals surface area contributed by atoms with Crippen LogP contribution in [0.15, 0.2) is 12.3 Å². The molecular formula is C10H12N2O2. The van der Waals surface area contributed by atoms with Crippen molar-refractivity contribution in [3.63, 3.8) is 0 Å². The molecule has 1 aromatic rings. The predicted octanol–water partition coefficient (Wildman–Crippen LogP) is 1.79. The topological polar surface area (TPSA) is 35.6 Å². The van der Waals surface area contributed by atoms with E-state index in [0.29, 0.717) is 5.69 Å². The zero-order valence-electron chi connectivity index (χ0n) is 8.44. The van der Waals surface area contributed by atoms with Gasteiger partial charge in [-0.1, -0.05) is 0 Å². The maximum absolute atomic E-state index is 11.2. The molecule has 1 aromatic heterocycles. The van der Waals surface area contributed by atoms with Crippen molar-refractivity contribution < 1.29 is 9.53 Å². The predicted molar refractivity (Wildman–Crippen MR) is 51.8 cm³/mol. The highest BCUT2D eigenvalue weighted by Gasteiger charge is 2.17. The molecule has 0 saturated carbocycles. The summed E-state index contributed by atoms with van der Waals surface area (Å²) in [7, 11) is 3.10. The van der Waals surface area contributed by atoms with Crippen molar-refractivity contribution in [2.24, 2.45) is 7.05 Å². The minimum Gasteiger partial charge on any atom is -0.464 e. The van der Waals surface area contributed by atoms with Gasteiger partial charge in [-0.2, -0.15) is 0 Å². The molecular weight excluding hydrogens is 180 g/mol. The standard InChI is InChI=1S/C10H12N2O2/c1-7(11-2)8-5-9(10(13)14-4)12(3)6-8/h5-7H,1,3-4H3. The van der Waals surface area contributed by atoms with E-state index in [2.05, 4.69) is 9.58 Å². The quantitative estimate of drug-likeness (QED) is 0.529. The highest BCUT2D eigenvalue weighted by molar-refractivity contribution is 5.87. The van der Waals surface area contributed by atoms with E-state index in [1.165, 1.54) is 7.11 Å². The lowest BCUT2D eigenvalue weighted by molar-refractivity contribution is 0.0590. The molecule has 0 aliphatic rings. The van der Waals surface area contributed by atoms with Gasteiger partial charge >= 0.3 is 5.97 Å². The Labute approximate surface area is 82.9 Å². The first-order chi connectivity index (χ1) is 6.60. The Hall–Kier alpha value is -1.76. The molecule has 0 saturated heterocycles. The zero-order chi connectivity index (χ0) is 10.7. The van der Waals surface area contributed by atoms with Gasteiger partial charge in [0.25, 0.3) is 0 Å². The van der Waals surface area contributed by atoms with Crippen molar-refractivity contribution in [3.05, 3.63) is 34.9 Å². The molecule has 4 nitrogen and oxygen atoms in total. The molecule has 1 rings (SSSR count). The smallest absolute Gasteiger partial charge is 0.354 e. The van der Waals surface area contributed by atoms with Crippen LogP contribution in [0.3, 0.4) is 0 Å². The van der Waals surface area contributed by atoms with Gasteiger partial charge in [-0.25, -0.2) is 11.4 Å². The van der Waals surface area contributed by atoms with Gasteiger partial charge in [0.1, 0.15) is 5.69 Å². The van der Waals surface area contributed by atoms with Crippen molar-refractivity contribution in [2.75, 3.05) is 7.11 Å². The molecule has 1 atom stereocenters. The molecule has 0 fully saturated rings. The lowest BCUT2D eigenvalue weighted by Crippen LogP contribution is -2.06. The Morgan fingerprint density at radius 1 is 1.71 bits per heavy atom. The molecule has 4 heteroatoms. The van der Waals surface area contributed by atoms with Gasteiger partial charge in [0.15, 0.2) is 0 Å². The summed E-state index contributed by atoms with van der Waals surface area (Å²) in [4.78, 5) is 14.6. The highest BCUT2D eigenvalue weighted by atomic mass is 16.5. The molecule has 14 heavy (non-hydrogen) atoms. The van der Waals surface area contributed by atoms with E-state index in [1.807, 2.05) is 0 Å². The second kappa shape index (κ2) is 3.97. The number of esters is 1. The van der Waals surface area contributed by atoms with Crippen LogP contribution in [0.4, 0.5) is 0 Å². The Morgan fingerprint density at radius 2 is 2.36 bits per heavy atom. The van der Waals surface area contributed by atoms with Crippen LogP contribution in [0.25, 0.3) is 4.85 Å². The van der Waals surface area contributed by atoms with Gasteiger partial charge in [0, 0.05) is 20.2 Å². The van der Waals surface area contributed by atoms with E-state index in [9.17, 15) is 4.79 Å². The Bertz CT molecular complexity index is 387. The van der Waals surface area contributed by atoms with Gasteiger partial charge in [0.05, 0.1) is 12.7 Å². The summed E-state index contributed by atoms with van der Waals surface area (Å²) in [6.45, 7) is 8.67. The largest absolute Gasteiger partial charge is 0.464 e. The maximum atomic E-state index is 11.2. The Morgan fingerprint density at radius 3 is 2.86 bits per heavy atom. The molecule has 0 radical (unpaired) electrons. The normalized spacial score (nSPS) is 11.9. The average Bonchev–Trinajstić information content (AvgIpc) is 2.58. The summed E-state index contributed by atoms with van der Waals surface area (Å²) in [5, 5.41) is 0. The van der Waals surface area contributed by atoms with Gasteiger partial charge in [-0.05, 0) is 6.07 Å². The molecule has 0 amide bonds. The van der Waals surface area contributed by atoms with Gasteiger partial charge in [-0.15, -0.1) is 0 Å². The Balaban J connectivity index is 3.06. The van der Waals surface area contributed by atoms with Crippen LogP contribution in [0.1, 0.15) is 29.0 Å². The minimum atomic E-state index is -0.379. The number of ether oxygens (including phenoxy) is 1. The summed E-state index contributed by atoms with van der Waals surface area (Å²) < 4.78 is 6.28. The van der Waals surface area contributed by atoms with Crippen LogP contribution in [-0.2, 0) is 11.8 Å². The number of carbonyl (C=O) groups excluding carboxylic acids is 1. The molecule has 0 spiro atoms. The average molecular weight is 192 g/mol. The van der Waals surface area contributed by atoms with Gasteiger partial charge in [0.2, 0.25) is 6.04 Å². The molecule has 0 aliphatic heterocycles. The summed E-state index contributed by atoms with van der Waals surface area (Å²) in [5.41, 5.74) is 1.31. The van der Waals surface area contributed by atoms with Crippen molar-refractivity contribution in [3.8, 4) is 0 Å². The van der Waals surface area contributed by atoms with Crippen molar-refractivity contribution in [1.29, 1.82) is 0 Å². The number of carbonyl (C=O) groups is 1. The molecule has 0 bridgehead atoms. The van der Waals surface area contributed by atoms with Crippen LogP contribution in [0, 0.1) is 6.57 Å². The molecule has 1 unspecified atom stereocenters. The molecule has 0 aromatic carbocycles. The second-order valence-corrected chi connectivity index (χ2v) is 3.07. The van der Waals surface area contributed by atoms with E-state index >= 15 is 0 Å². The third-order valence-electron chi connectivity index (χ3n) is 2.10. The maximum Gasteiger partial charge on any atom is 0.354 e. The SMILES string of the molecule is [C-]#[N+]C(C)c1cc(C(=O)OC)n(C)c1. The molecule has 0 N–H and O–H groups in total. The fraction of sp³-hybridized carbons (Fsp3) is 0.400. The lowest BCUT2D eigenvalue weighted by atomic mass is 10.2. The van der Waals surface area contributed by atoms with E-state index in [0.717, 1.165) is 5.56 Å². The number of rotatable bonds is 2. The fourth-order valence-corrected chi connectivity index (χ4v) is 1.20. The van der Waals surface area contributed by atoms with E-state index in [1.54, 1.807) is 30.8 Å². The number of aromatic nitrogens is 1. The van der Waals surface area contributed by atoms with Gasteiger partial charge in [-0.3, -0.25) is 0 Å². The van der Waals surface area contributed by atoms with Crippen LogP contribution >= 0.6 is 0 Å². The van der Waals surface area contributed by atoms with Crippen LogP contribution in [0.5, 0.6) is 0 Å². The van der Waals surface area contributed by atoms with Gasteiger partial charge < -0.3 is 14.1 Å². The summed E-state index contributed by atoms with van der Waals surface area (Å²) in [6, 6.07) is 1.47. The summed E-state index contributed by atoms with van der Waals surface area (Å²) >= 11 is 0. The van der Waals surface area contributed by atoms with Crippen LogP contribution in [-0.4, -0.2) is 17.6 Å². The first-order valence-electron chi connectivity index (χ1n) is 4.21. The lowest BCUT2D eigenvalue weighted by Gasteiger charge is -1.98. The molecule has 1 heterocycles. The van der Waals surface area contributed by atoms with Crippen LogP contribution in [0.2, 0.25) is 0 Å². The number of methoxy groups -OCH3 is 1. The number of hydrogen-bond donors (Lipinski definition) is 0. The Kier molecular flexibility index (Phi) is 2.92. The van der Waals surface area contributed by atoms with E-state index in [4.69, 9.17) is 6.57 Å². The monoisotopic (exact) mass is 192 g/mol. The minimum absolute atomic E-state index is 0.223.